The lowest BCUT2D eigenvalue weighted by atomic mass is 10.3. The van der Waals surface area contributed by atoms with Crippen molar-refractivity contribution in [3.05, 3.63) is 30.2 Å². The first-order valence-electron chi connectivity index (χ1n) is 4.65. The van der Waals surface area contributed by atoms with Crippen molar-refractivity contribution >= 4 is 10.9 Å². The Morgan fingerprint density at radius 2 is 2.00 bits per heavy atom. The molecule has 0 amide bonds. The molecule has 0 aliphatic carbocycles. The van der Waals surface area contributed by atoms with E-state index in [1.807, 2.05) is 32.3 Å². The third kappa shape index (κ3) is 1.72. The Bertz CT molecular complexity index is 388. The van der Waals surface area contributed by atoms with Crippen LogP contribution in [0.15, 0.2) is 24.5 Å². The fourth-order valence-corrected chi connectivity index (χ4v) is 1.31. The lowest BCUT2D eigenvalue weighted by molar-refractivity contribution is 0.915. The molecule has 0 spiro atoms. The largest absolute Gasteiger partial charge is 0.347 e. The van der Waals surface area contributed by atoms with Crippen LogP contribution in [-0.4, -0.2) is 9.55 Å². The van der Waals surface area contributed by atoms with E-state index < -0.39 is 0 Å². The second-order valence-electron chi connectivity index (χ2n) is 2.78. The van der Waals surface area contributed by atoms with Crippen molar-refractivity contribution < 1.29 is 0 Å². The molecule has 0 N–H and O–H groups in total. The van der Waals surface area contributed by atoms with Crippen LogP contribution in [0, 0.1) is 6.92 Å². The molecule has 2 nitrogen and oxygen atoms in total. The van der Waals surface area contributed by atoms with Crippen LogP contribution in [0.1, 0.15) is 19.5 Å². The van der Waals surface area contributed by atoms with Crippen molar-refractivity contribution in [1.29, 1.82) is 0 Å². The molecule has 0 saturated carbocycles. The Morgan fingerprint density at radius 1 is 1.31 bits per heavy atom. The average Bonchev–Trinajstić information content (AvgIpc) is 2.47. The fourth-order valence-electron chi connectivity index (χ4n) is 1.31. The molecule has 2 aromatic rings. The number of pyridine rings is 1. The molecule has 2 aromatic heterocycles. The molecule has 2 heterocycles. The van der Waals surface area contributed by atoms with Gasteiger partial charge in [0.25, 0.3) is 0 Å². The van der Waals surface area contributed by atoms with Gasteiger partial charge in [0.2, 0.25) is 0 Å². The summed E-state index contributed by atoms with van der Waals surface area (Å²) in [5.41, 5.74) is 2.47. The highest BCUT2D eigenvalue weighted by Gasteiger charge is 1.99. The molecule has 0 radical (unpaired) electrons. The van der Waals surface area contributed by atoms with E-state index in [1.165, 1.54) is 16.6 Å². The Hall–Kier alpha value is -1.31. The highest BCUT2D eigenvalue weighted by Crippen LogP contribution is 2.15. The third-order valence-corrected chi connectivity index (χ3v) is 2.09. The Kier molecular flexibility index (Phi) is 3.07. The van der Waals surface area contributed by atoms with E-state index in [9.17, 15) is 0 Å². The van der Waals surface area contributed by atoms with Crippen molar-refractivity contribution in [2.24, 2.45) is 7.05 Å². The summed E-state index contributed by atoms with van der Waals surface area (Å²) >= 11 is 0. The zero-order chi connectivity index (χ0) is 9.84. The van der Waals surface area contributed by atoms with Gasteiger partial charge in [-0.2, -0.15) is 0 Å². The van der Waals surface area contributed by atoms with E-state index in [4.69, 9.17) is 0 Å². The normalized spacial score (nSPS) is 9.54. The van der Waals surface area contributed by atoms with Crippen LogP contribution in [-0.2, 0) is 7.05 Å². The number of rotatable bonds is 0. The first kappa shape index (κ1) is 9.78. The highest BCUT2D eigenvalue weighted by molar-refractivity contribution is 5.79. The predicted molar refractivity (Wildman–Crippen MR) is 56.8 cm³/mol. The lowest BCUT2D eigenvalue weighted by Crippen LogP contribution is -1.88. The maximum Gasteiger partial charge on any atom is 0.0666 e. The van der Waals surface area contributed by atoms with Crippen LogP contribution in [0.4, 0.5) is 0 Å². The minimum atomic E-state index is 1.20. The van der Waals surface area contributed by atoms with Crippen molar-refractivity contribution in [2.75, 3.05) is 0 Å². The first-order valence-corrected chi connectivity index (χ1v) is 4.65. The van der Waals surface area contributed by atoms with Crippen LogP contribution in [0.2, 0.25) is 0 Å². The Morgan fingerprint density at radius 3 is 2.62 bits per heavy atom. The molecule has 0 unspecified atom stereocenters. The van der Waals surface area contributed by atoms with Crippen molar-refractivity contribution in [3.8, 4) is 0 Å². The SMILES string of the molecule is CC.Cc1cc2ccncc2n1C. The summed E-state index contributed by atoms with van der Waals surface area (Å²) in [4.78, 5) is 4.07. The predicted octanol–water partition coefficient (Wildman–Crippen LogP) is 2.91. The number of aryl methyl sites for hydroxylation is 2. The van der Waals surface area contributed by atoms with Crippen molar-refractivity contribution in [1.82, 2.24) is 9.55 Å². The number of hydrogen-bond acceptors (Lipinski definition) is 1. The number of fused-ring (bicyclic) bond motifs is 1. The summed E-state index contributed by atoms with van der Waals surface area (Å²) in [5, 5.41) is 1.26. The third-order valence-electron chi connectivity index (χ3n) is 2.09. The monoisotopic (exact) mass is 176 g/mol. The van der Waals surface area contributed by atoms with Crippen LogP contribution in [0.25, 0.3) is 10.9 Å². The average molecular weight is 176 g/mol. The topological polar surface area (TPSA) is 17.8 Å². The molecular formula is C11H16N2. The molecule has 0 bridgehead atoms. The number of hydrogen-bond donors (Lipinski definition) is 0. The first-order chi connectivity index (χ1) is 6.29. The van der Waals surface area contributed by atoms with Crippen LogP contribution < -0.4 is 0 Å². The van der Waals surface area contributed by atoms with E-state index in [0.29, 0.717) is 0 Å². The molecule has 2 heteroatoms. The molecule has 0 saturated heterocycles. The maximum absolute atomic E-state index is 4.07. The van der Waals surface area contributed by atoms with Gasteiger partial charge in [-0.05, 0) is 19.1 Å². The van der Waals surface area contributed by atoms with Gasteiger partial charge in [0.05, 0.1) is 11.7 Å². The summed E-state index contributed by atoms with van der Waals surface area (Å²) < 4.78 is 2.14. The van der Waals surface area contributed by atoms with E-state index in [-0.39, 0.29) is 0 Å². The summed E-state index contributed by atoms with van der Waals surface area (Å²) in [6.07, 6.45) is 3.71. The molecule has 0 fully saturated rings. The van der Waals surface area contributed by atoms with Gasteiger partial charge in [-0.15, -0.1) is 0 Å². The van der Waals surface area contributed by atoms with Gasteiger partial charge < -0.3 is 4.57 Å². The van der Waals surface area contributed by atoms with Crippen molar-refractivity contribution in [2.45, 2.75) is 20.8 Å². The summed E-state index contributed by atoms with van der Waals surface area (Å²) in [6.45, 7) is 6.10. The minimum absolute atomic E-state index is 1.20. The second kappa shape index (κ2) is 4.08. The van der Waals surface area contributed by atoms with E-state index >= 15 is 0 Å². The van der Waals surface area contributed by atoms with Gasteiger partial charge in [-0.1, -0.05) is 13.8 Å². The molecule has 0 aromatic carbocycles. The molecule has 70 valence electrons. The van der Waals surface area contributed by atoms with Crippen molar-refractivity contribution in [3.63, 3.8) is 0 Å². The Balaban J connectivity index is 0.000000396. The van der Waals surface area contributed by atoms with Gasteiger partial charge in [0.15, 0.2) is 0 Å². The van der Waals surface area contributed by atoms with Crippen LogP contribution >= 0.6 is 0 Å². The highest BCUT2D eigenvalue weighted by atomic mass is 14.9. The smallest absolute Gasteiger partial charge is 0.0666 e. The van der Waals surface area contributed by atoms with Gasteiger partial charge in [-0.3, -0.25) is 4.98 Å². The summed E-state index contributed by atoms with van der Waals surface area (Å²) in [7, 11) is 2.05. The van der Waals surface area contributed by atoms with Gasteiger partial charge in [0.1, 0.15) is 0 Å². The second-order valence-corrected chi connectivity index (χ2v) is 2.78. The van der Waals surface area contributed by atoms with Gasteiger partial charge >= 0.3 is 0 Å². The summed E-state index contributed by atoms with van der Waals surface area (Å²) in [6, 6.07) is 4.19. The zero-order valence-corrected chi connectivity index (χ0v) is 8.70. The quantitative estimate of drug-likeness (QED) is 0.603. The molecule has 2 rings (SSSR count). The molecule has 0 aliphatic heterocycles. The molecular weight excluding hydrogens is 160 g/mol. The number of nitrogens with zero attached hydrogens (tertiary/aromatic N) is 2. The maximum atomic E-state index is 4.07. The van der Waals surface area contributed by atoms with E-state index in [0.717, 1.165) is 0 Å². The standard InChI is InChI=1S/C9H10N2.C2H6/c1-7-5-8-3-4-10-6-9(8)11(7)2;1-2/h3-6H,1-2H3;1-2H3. The zero-order valence-electron chi connectivity index (χ0n) is 8.70. The van der Waals surface area contributed by atoms with Gasteiger partial charge in [-0.25, -0.2) is 0 Å². The molecule has 0 atom stereocenters. The van der Waals surface area contributed by atoms with Gasteiger partial charge in [0, 0.05) is 24.3 Å². The van der Waals surface area contributed by atoms with Crippen LogP contribution in [0.5, 0.6) is 0 Å². The number of aromatic nitrogens is 2. The fraction of sp³-hybridized carbons (Fsp3) is 0.364. The molecule has 0 aliphatic rings. The summed E-state index contributed by atoms with van der Waals surface area (Å²) in [5.74, 6) is 0. The minimum Gasteiger partial charge on any atom is -0.347 e. The van der Waals surface area contributed by atoms with E-state index in [2.05, 4.69) is 29.6 Å². The Labute approximate surface area is 79.2 Å². The lowest BCUT2D eigenvalue weighted by Gasteiger charge is -1.95. The van der Waals surface area contributed by atoms with Crippen LogP contribution in [0.3, 0.4) is 0 Å². The molecule has 13 heavy (non-hydrogen) atoms. The van der Waals surface area contributed by atoms with E-state index in [1.54, 1.807) is 0 Å².